The third kappa shape index (κ3) is 2.52. The van der Waals surface area contributed by atoms with Gasteiger partial charge in [0.05, 0.1) is 19.8 Å². The van der Waals surface area contributed by atoms with E-state index in [4.69, 9.17) is 11.6 Å². The van der Waals surface area contributed by atoms with E-state index in [9.17, 15) is 9.59 Å². The highest BCUT2D eigenvalue weighted by molar-refractivity contribution is 6.30. The molecule has 16 heavy (non-hydrogen) atoms. The molecular weight excluding hydrogens is 232 g/mol. The molecule has 86 valence electrons. The van der Waals surface area contributed by atoms with Crippen LogP contribution in [-0.2, 0) is 14.3 Å². The van der Waals surface area contributed by atoms with E-state index in [-0.39, 0.29) is 5.56 Å². The zero-order valence-electron chi connectivity index (χ0n) is 8.90. The van der Waals surface area contributed by atoms with E-state index in [0.717, 1.165) is 0 Å². The van der Waals surface area contributed by atoms with Gasteiger partial charge in [0.2, 0.25) is 0 Å². The number of esters is 2. The summed E-state index contributed by atoms with van der Waals surface area (Å²) in [5.41, 5.74) is 0.637. The Balaban J connectivity index is 3.13. The highest BCUT2D eigenvalue weighted by Crippen LogP contribution is 2.25. The van der Waals surface area contributed by atoms with Crippen molar-refractivity contribution in [3.63, 3.8) is 0 Å². The van der Waals surface area contributed by atoms with Gasteiger partial charge in [-0.15, -0.1) is 11.6 Å². The van der Waals surface area contributed by atoms with Gasteiger partial charge < -0.3 is 9.47 Å². The molecule has 0 saturated heterocycles. The van der Waals surface area contributed by atoms with Gasteiger partial charge in [-0.3, -0.25) is 4.79 Å². The van der Waals surface area contributed by atoms with Gasteiger partial charge in [0.15, 0.2) is 5.38 Å². The molecule has 0 aliphatic rings. The van der Waals surface area contributed by atoms with Crippen molar-refractivity contribution < 1.29 is 19.1 Å². The molecule has 0 aliphatic carbocycles. The van der Waals surface area contributed by atoms with Crippen LogP contribution in [0.3, 0.4) is 0 Å². The summed E-state index contributed by atoms with van der Waals surface area (Å²) in [6.07, 6.45) is 0. The summed E-state index contributed by atoms with van der Waals surface area (Å²) in [6.45, 7) is 0. The molecule has 0 N–H and O–H groups in total. The Kier molecular flexibility index (Phi) is 4.31. The molecule has 1 rings (SSSR count). The van der Waals surface area contributed by atoms with Gasteiger partial charge in [0.1, 0.15) is 0 Å². The van der Waals surface area contributed by atoms with Gasteiger partial charge in [-0.05, 0) is 11.6 Å². The molecule has 0 aliphatic heterocycles. The van der Waals surface area contributed by atoms with Crippen molar-refractivity contribution in [2.24, 2.45) is 0 Å². The molecule has 1 atom stereocenters. The van der Waals surface area contributed by atoms with Crippen LogP contribution in [0.15, 0.2) is 24.3 Å². The number of halogens is 1. The van der Waals surface area contributed by atoms with E-state index in [0.29, 0.717) is 5.56 Å². The number of alkyl halides is 1. The number of carbonyl (C=O) groups excluding carboxylic acids is 2. The molecule has 0 heterocycles. The first-order valence-electron chi connectivity index (χ1n) is 4.51. The van der Waals surface area contributed by atoms with Crippen LogP contribution in [0.5, 0.6) is 0 Å². The standard InChI is InChI=1S/C11H11ClO4/c1-15-10(13)8-6-4-3-5-7(8)9(12)11(14)16-2/h3-6,9H,1-2H3. The van der Waals surface area contributed by atoms with Crippen molar-refractivity contribution in [1.29, 1.82) is 0 Å². The summed E-state index contributed by atoms with van der Waals surface area (Å²) >= 11 is 5.88. The lowest BCUT2D eigenvalue weighted by atomic mass is 10.0. The van der Waals surface area contributed by atoms with Crippen LogP contribution in [0.4, 0.5) is 0 Å². The van der Waals surface area contributed by atoms with Crippen LogP contribution in [0.1, 0.15) is 21.3 Å². The van der Waals surface area contributed by atoms with Gasteiger partial charge in [-0.2, -0.15) is 0 Å². The third-order valence-electron chi connectivity index (χ3n) is 2.05. The number of benzene rings is 1. The first-order chi connectivity index (χ1) is 7.61. The number of methoxy groups -OCH3 is 2. The highest BCUT2D eigenvalue weighted by Gasteiger charge is 2.23. The Morgan fingerprint density at radius 2 is 1.81 bits per heavy atom. The maximum atomic E-state index is 11.4. The Morgan fingerprint density at radius 3 is 2.38 bits per heavy atom. The summed E-state index contributed by atoms with van der Waals surface area (Å²) < 4.78 is 9.10. The molecule has 0 fully saturated rings. The third-order valence-corrected chi connectivity index (χ3v) is 2.46. The van der Waals surface area contributed by atoms with E-state index in [1.54, 1.807) is 24.3 Å². The lowest BCUT2D eigenvalue weighted by Crippen LogP contribution is -2.13. The number of ether oxygens (including phenoxy) is 2. The summed E-state index contributed by atoms with van der Waals surface area (Å²) in [5.74, 6) is -1.15. The van der Waals surface area contributed by atoms with E-state index in [2.05, 4.69) is 9.47 Å². The number of rotatable bonds is 3. The normalized spacial score (nSPS) is 11.7. The lowest BCUT2D eigenvalue weighted by molar-refractivity contribution is -0.140. The van der Waals surface area contributed by atoms with Crippen molar-refractivity contribution in [2.45, 2.75) is 5.38 Å². The van der Waals surface area contributed by atoms with Crippen molar-refractivity contribution in [2.75, 3.05) is 14.2 Å². The molecule has 0 amide bonds. The molecule has 0 spiro atoms. The fraction of sp³-hybridized carbons (Fsp3) is 0.273. The molecular formula is C11H11ClO4. The molecule has 1 aromatic carbocycles. The number of carbonyl (C=O) groups is 2. The summed E-state index contributed by atoms with van der Waals surface area (Å²) in [7, 11) is 2.50. The van der Waals surface area contributed by atoms with E-state index in [1.165, 1.54) is 14.2 Å². The largest absolute Gasteiger partial charge is 0.468 e. The molecule has 0 saturated carbocycles. The van der Waals surface area contributed by atoms with Crippen LogP contribution in [0.2, 0.25) is 0 Å². The van der Waals surface area contributed by atoms with Crippen molar-refractivity contribution in [1.82, 2.24) is 0 Å². The molecule has 4 nitrogen and oxygen atoms in total. The predicted octanol–water partition coefficient (Wildman–Crippen LogP) is 1.93. The monoisotopic (exact) mass is 242 g/mol. The highest BCUT2D eigenvalue weighted by atomic mass is 35.5. The second-order valence-corrected chi connectivity index (χ2v) is 3.40. The molecule has 0 radical (unpaired) electrons. The maximum Gasteiger partial charge on any atom is 0.338 e. The molecule has 1 aromatic rings. The average molecular weight is 243 g/mol. The van der Waals surface area contributed by atoms with Crippen LogP contribution in [-0.4, -0.2) is 26.2 Å². The summed E-state index contributed by atoms with van der Waals surface area (Å²) in [4.78, 5) is 22.7. The molecule has 1 unspecified atom stereocenters. The Bertz CT molecular complexity index is 403. The van der Waals surface area contributed by atoms with Crippen molar-refractivity contribution in [3.8, 4) is 0 Å². The fourth-order valence-corrected chi connectivity index (χ4v) is 1.52. The molecule has 0 bridgehead atoms. The first kappa shape index (κ1) is 12.5. The Hall–Kier alpha value is -1.55. The van der Waals surface area contributed by atoms with Gasteiger partial charge in [0.25, 0.3) is 0 Å². The molecule has 0 aromatic heterocycles. The second kappa shape index (κ2) is 5.51. The van der Waals surface area contributed by atoms with Crippen molar-refractivity contribution >= 4 is 23.5 Å². The minimum Gasteiger partial charge on any atom is -0.468 e. The second-order valence-electron chi connectivity index (χ2n) is 2.96. The maximum absolute atomic E-state index is 11.4. The van der Waals surface area contributed by atoms with Gasteiger partial charge in [-0.1, -0.05) is 18.2 Å². The summed E-state index contributed by atoms with van der Waals surface area (Å²) in [6, 6.07) is 6.47. The lowest BCUT2D eigenvalue weighted by Gasteiger charge is -2.11. The minimum atomic E-state index is -1.01. The van der Waals surface area contributed by atoms with Gasteiger partial charge in [-0.25, -0.2) is 4.79 Å². The topological polar surface area (TPSA) is 52.6 Å². The Labute approximate surface area is 98.1 Å². The average Bonchev–Trinajstić information content (AvgIpc) is 2.35. The van der Waals surface area contributed by atoms with E-state index >= 15 is 0 Å². The zero-order chi connectivity index (χ0) is 12.1. The smallest absolute Gasteiger partial charge is 0.338 e. The van der Waals surface area contributed by atoms with Crippen LogP contribution >= 0.6 is 11.6 Å². The van der Waals surface area contributed by atoms with Crippen LogP contribution in [0.25, 0.3) is 0 Å². The van der Waals surface area contributed by atoms with Crippen LogP contribution < -0.4 is 0 Å². The quantitative estimate of drug-likeness (QED) is 0.600. The fourth-order valence-electron chi connectivity index (χ4n) is 1.24. The van der Waals surface area contributed by atoms with Crippen molar-refractivity contribution in [3.05, 3.63) is 35.4 Å². The van der Waals surface area contributed by atoms with E-state index in [1.807, 2.05) is 0 Å². The van der Waals surface area contributed by atoms with E-state index < -0.39 is 17.3 Å². The minimum absolute atomic E-state index is 0.260. The first-order valence-corrected chi connectivity index (χ1v) is 4.94. The van der Waals surface area contributed by atoms with Crippen LogP contribution in [0, 0.1) is 0 Å². The Morgan fingerprint density at radius 1 is 1.19 bits per heavy atom. The number of hydrogen-bond acceptors (Lipinski definition) is 4. The summed E-state index contributed by atoms with van der Waals surface area (Å²) in [5, 5.41) is -1.01. The van der Waals surface area contributed by atoms with Gasteiger partial charge >= 0.3 is 11.9 Å². The SMILES string of the molecule is COC(=O)c1ccccc1C(Cl)C(=O)OC. The molecule has 5 heteroatoms. The zero-order valence-corrected chi connectivity index (χ0v) is 9.65. The van der Waals surface area contributed by atoms with Gasteiger partial charge in [0, 0.05) is 0 Å². The number of hydrogen-bond donors (Lipinski definition) is 0. The predicted molar refractivity (Wildman–Crippen MR) is 58.4 cm³/mol.